The molecule has 2 aromatic rings. The Morgan fingerprint density at radius 2 is 1.96 bits per heavy atom. The lowest BCUT2D eigenvalue weighted by Crippen LogP contribution is -2.52. The number of benzene rings is 1. The van der Waals surface area contributed by atoms with E-state index in [9.17, 15) is 9.59 Å². The highest BCUT2D eigenvalue weighted by Gasteiger charge is 2.32. The highest BCUT2D eigenvalue weighted by atomic mass is 16.2. The van der Waals surface area contributed by atoms with Gasteiger partial charge in [-0.1, -0.05) is 18.2 Å². The van der Waals surface area contributed by atoms with Crippen LogP contribution in [0.3, 0.4) is 0 Å². The van der Waals surface area contributed by atoms with E-state index >= 15 is 0 Å². The summed E-state index contributed by atoms with van der Waals surface area (Å²) in [6.45, 7) is 5.69. The summed E-state index contributed by atoms with van der Waals surface area (Å²) in [5.41, 5.74) is 0.634. The number of hydrogen-bond acceptors (Lipinski definition) is 4. The van der Waals surface area contributed by atoms with E-state index in [0.717, 1.165) is 30.9 Å². The van der Waals surface area contributed by atoms with Crippen LogP contribution in [0.25, 0.3) is 0 Å². The quantitative estimate of drug-likeness (QED) is 0.791. The first-order valence-electron chi connectivity index (χ1n) is 9.58. The van der Waals surface area contributed by atoms with Crippen LogP contribution in [0.4, 0.5) is 0 Å². The van der Waals surface area contributed by atoms with E-state index in [1.54, 1.807) is 17.0 Å². The molecule has 3 rings (SSSR count). The van der Waals surface area contributed by atoms with E-state index in [4.69, 9.17) is 0 Å². The van der Waals surface area contributed by atoms with Crippen LogP contribution in [0.15, 0.2) is 30.3 Å². The van der Waals surface area contributed by atoms with Crippen molar-refractivity contribution in [3.05, 3.63) is 47.5 Å². The lowest BCUT2D eigenvalue weighted by molar-refractivity contribution is -0.126. The zero-order valence-corrected chi connectivity index (χ0v) is 16.0. The predicted octanol–water partition coefficient (Wildman–Crippen LogP) is 2.10. The third kappa shape index (κ3) is 4.72. The lowest BCUT2D eigenvalue weighted by atomic mass is 10.00. The molecule has 2 heterocycles. The van der Waals surface area contributed by atoms with Crippen molar-refractivity contribution in [3.63, 3.8) is 0 Å². The summed E-state index contributed by atoms with van der Waals surface area (Å²) in [6.07, 6.45) is 3.39. The number of rotatable bonds is 6. The molecule has 2 amide bonds. The monoisotopic (exact) mass is 369 g/mol. The molecule has 1 atom stereocenters. The molecule has 1 aromatic carbocycles. The molecule has 1 saturated heterocycles. The van der Waals surface area contributed by atoms with Crippen molar-refractivity contribution in [2.75, 3.05) is 13.1 Å². The smallest absolute Gasteiger partial charge is 0.254 e. The molecule has 0 unspecified atom stereocenters. The van der Waals surface area contributed by atoms with E-state index in [-0.39, 0.29) is 17.9 Å². The van der Waals surface area contributed by atoms with Gasteiger partial charge in [0.2, 0.25) is 5.91 Å². The lowest BCUT2D eigenvalue weighted by Gasteiger charge is -2.34. The minimum atomic E-state index is -0.387. The van der Waals surface area contributed by atoms with Crippen molar-refractivity contribution in [2.24, 2.45) is 0 Å². The molecule has 1 aliphatic heterocycles. The van der Waals surface area contributed by atoms with Crippen LogP contribution in [0.2, 0.25) is 0 Å². The van der Waals surface area contributed by atoms with Crippen molar-refractivity contribution in [1.82, 2.24) is 25.0 Å². The van der Waals surface area contributed by atoms with E-state index in [1.165, 1.54) is 0 Å². The fourth-order valence-corrected chi connectivity index (χ4v) is 3.53. The molecule has 0 spiro atoms. The average Bonchev–Trinajstić information content (AvgIpc) is 3.02. The van der Waals surface area contributed by atoms with Gasteiger partial charge in [-0.25, -0.2) is 4.98 Å². The molecule has 1 N–H and O–H groups in total. The van der Waals surface area contributed by atoms with Gasteiger partial charge in [0.15, 0.2) is 0 Å². The van der Waals surface area contributed by atoms with E-state index in [2.05, 4.69) is 15.4 Å². The van der Waals surface area contributed by atoms with Gasteiger partial charge in [-0.05, 0) is 51.7 Å². The molecular formula is C20H27N5O2. The van der Waals surface area contributed by atoms with Crippen LogP contribution in [0.1, 0.15) is 47.7 Å². The van der Waals surface area contributed by atoms with Gasteiger partial charge in [0.05, 0.1) is 0 Å². The Bertz CT molecular complexity index is 787. The molecular weight excluding hydrogens is 342 g/mol. The summed E-state index contributed by atoms with van der Waals surface area (Å²) in [5, 5.41) is 7.32. The molecule has 7 nitrogen and oxygen atoms in total. The first-order valence-corrected chi connectivity index (χ1v) is 9.58. The Balaban J connectivity index is 1.54. The first-order chi connectivity index (χ1) is 13.1. The molecule has 0 aliphatic carbocycles. The number of nitrogens with one attached hydrogen (secondary N) is 1. The van der Waals surface area contributed by atoms with Gasteiger partial charge in [-0.15, -0.1) is 0 Å². The maximum atomic E-state index is 12.8. The van der Waals surface area contributed by atoms with Crippen molar-refractivity contribution < 1.29 is 9.59 Å². The van der Waals surface area contributed by atoms with Crippen LogP contribution in [-0.4, -0.2) is 50.6 Å². The second kappa shape index (κ2) is 8.79. The highest BCUT2D eigenvalue weighted by molar-refractivity contribution is 5.97. The number of carbonyl (C=O) groups excluding carboxylic acids is 2. The van der Waals surface area contributed by atoms with Gasteiger partial charge in [0.1, 0.15) is 17.7 Å². The SMILES string of the molecule is Cc1nc(C)n(CCCNC(=O)[C@H]2CCCCN2C(=O)c2ccccc2)n1. The second-order valence-corrected chi connectivity index (χ2v) is 6.95. The zero-order chi connectivity index (χ0) is 19.2. The topological polar surface area (TPSA) is 80.1 Å². The van der Waals surface area contributed by atoms with Gasteiger partial charge in [0, 0.05) is 25.2 Å². The Morgan fingerprint density at radius 1 is 1.19 bits per heavy atom. The van der Waals surface area contributed by atoms with E-state index < -0.39 is 0 Å². The predicted molar refractivity (Wildman–Crippen MR) is 102 cm³/mol. The largest absolute Gasteiger partial charge is 0.354 e. The Kier molecular flexibility index (Phi) is 6.21. The Morgan fingerprint density at radius 3 is 2.67 bits per heavy atom. The number of aromatic nitrogens is 3. The minimum absolute atomic E-state index is 0.0644. The van der Waals surface area contributed by atoms with Gasteiger partial charge in [-0.2, -0.15) is 5.10 Å². The highest BCUT2D eigenvalue weighted by Crippen LogP contribution is 2.20. The van der Waals surface area contributed by atoms with Gasteiger partial charge >= 0.3 is 0 Å². The first kappa shape index (κ1) is 19.1. The molecule has 144 valence electrons. The normalized spacial score (nSPS) is 17.0. The molecule has 27 heavy (non-hydrogen) atoms. The maximum Gasteiger partial charge on any atom is 0.254 e. The summed E-state index contributed by atoms with van der Waals surface area (Å²) < 4.78 is 1.85. The van der Waals surface area contributed by atoms with Crippen molar-refractivity contribution in [2.45, 2.75) is 52.1 Å². The number of likely N-dealkylation sites (tertiary alicyclic amines) is 1. The Labute approximate surface area is 159 Å². The number of piperidine rings is 1. The van der Waals surface area contributed by atoms with Crippen LogP contribution >= 0.6 is 0 Å². The summed E-state index contributed by atoms with van der Waals surface area (Å²) in [4.78, 5) is 31.5. The van der Waals surface area contributed by atoms with Crippen molar-refractivity contribution in [3.8, 4) is 0 Å². The number of carbonyl (C=O) groups is 2. The van der Waals surface area contributed by atoms with Crippen LogP contribution < -0.4 is 5.32 Å². The van der Waals surface area contributed by atoms with E-state index in [1.807, 2.05) is 36.7 Å². The third-order valence-corrected chi connectivity index (χ3v) is 4.90. The van der Waals surface area contributed by atoms with E-state index in [0.29, 0.717) is 31.6 Å². The molecule has 0 radical (unpaired) electrons. The zero-order valence-electron chi connectivity index (χ0n) is 16.0. The summed E-state index contributed by atoms with van der Waals surface area (Å²) in [5.74, 6) is 1.51. The molecule has 1 aromatic heterocycles. The van der Waals surface area contributed by atoms with Crippen molar-refractivity contribution >= 4 is 11.8 Å². The van der Waals surface area contributed by atoms with Crippen LogP contribution in [-0.2, 0) is 11.3 Å². The van der Waals surface area contributed by atoms with Crippen molar-refractivity contribution in [1.29, 1.82) is 0 Å². The van der Waals surface area contributed by atoms with Gasteiger partial charge < -0.3 is 10.2 Å². The summed E-state index contributed by atoms with van der Waals surface area (Å²) >= 11 is 0. The fourth-order valence-electron chi connectivity index (χ4n) is 3.53. The maximum absolute atomic E-state index is 12.8. The second-order valence-electron chi connectivity index (χ2n) is 6.95. The van der Waals surface area contributed by atoms with Gasteiger partial charge in [-0.3, -0.25) is 14.3 Å². The fraction of sp³-hybridized carbons (Fsp3) is 0.500. The molecule has 1 fully saturated rings. The summed E-state index contributed by atoms with van der Waals surface area (Å²) in [6, 6.07) is 8.79. The number of nitrogens with zero attached hydrogens (tertiary/aromatic N) is 4. The van der Waals surface area contributed by atoms with Crippen LogP contribution in [0.5, 0.6) is 0 Å². The standard InChI is InChI=1S/C20H27N5O2/c1-15-22-16(2)25(23-15)14-8-12-21-19(26)18-11-6-7-13-24(18)20(27)17-9-4-3-5-10-17/h3-5,9-10,18H,6-8,11-14H2,1-2H3,(H,21,26)/t18-/m1/s1. The number of aryl methyl sites for hydroxylation is 3. The molecule has 7 heteroatoms. The molecule has 0 bridgehead atoms. The van der Waals surface area contributed by atoms with Gasteiger partial charge in [0.25, 0.3) is 5.91 Å². The molecule has 1 aliphatic rings. The number of amides is 2. The Hall–Kier alpha value is -2.70. The number of hydrogen-bond donors (Lipinski definition) is 1. The summed E-state index contributed by atoms with van der Waals surface area (Å²) in [7, 11) is 0. The molecule has 0 saturated carbocycles. The third-order valence-electron chi connectivity index (χ3n) is 4.90. The van der Waals surface area contributed by atoms with Crippen LogP contribution in [0, 0.1) is 13.8 Å². The average molecular weight is 369 g/mol. The minimum Gasteiger partial charge on any atom is -0.354 e.